The van der Waals surface area contributed by atoms with E-state index in [4.69, 9.17) is 5.73 Å². The minimum atomic E-state index is -0.00284. The summed E-state index contributed by atoms with van der Waals surface area (Å²) < 4.78 is 0. The molecule has 0 unspecified atom stereocenters. The van der Waals surface area contributed by atoms with Crippen LogP contribution in [-0.2, 0) is 17.6 Å². The van der Waals surface area contributed by atoms with Crippen molar-refractivity contribution in [3.05, 3.63) is 35.4 Å². The molecular formula is C19H31Cl2N3O. The molecule has 1 saturated carbocycles. The summed E-state index contributed by atoms with van der Waals surface area (Å²) in [5, 5.41) is 3.19. The second-order valence-electron chi connectivity index (χ2n) is 7.58. The first kappa shape index (κ1) is 22.2. The Morgan fingerprint density at radius 3 is 2.28 bits per heavy atom. The SMILES string of the molecule is CN(C)C1(CNC(=O)C[C@@H]2CCC[C@H]2N)Cc2ccccc2C1.Cl.Cl. The fraction of sp³-hybridized carbons (Fsp3) is 0.632. The number of benzene rings is 1. The van der Waals surface area contributed by atoms with Crippen LogP contribution in [0.15, 0.2) is 24.3 Å². The number of likely N-dealkylation sites (N-methyl/N-ethyl adjacent to an activating group) is 1. The molecule has 6 heteroatoms. The second kappa shape index (κ2) is 9.22. The molecule has 3 rings (SSSR count). The van der Waals surface area contributed by atoms with Crippen LogP contribution in [0, 0.1) is 5.92 Å². The lowest BCUT2D eigenvalue weighted by atomic mass is 9.93. The van der Waals surface area contributed by atoms with Gasteiger partial charge in [-0.15, -0.1) is 24.8 Å². The van der Waals surface area contributed by atoms with Gasteiger partial charge in [-0.2, -0.15) is 0 Å². The quantitative estimate of drug-likeness (QED) is 0.815. The number of hydrogen-bond donors (Lipinski definition) is 2. The maximum absolute atomic E-state index is 12.4. The van der Waals surface area contributed by atoms with Gasteiger partial charge in [0.1, 0.15) is 0 Å². The van der Waals surface area contributed by atoms with Crippen molar-refractivity contribution in [3.63, 3.8) is 0 Å². The minimum Gasteiger partial charge on any atom is -0.354 e. The predicted molar refractivity (Wildman–Crippen MR) is 108 cm³/mol. The first-order valence-corrected chi connectivity index (χ1v) is 8.77. The van der Waals surface area contributed by atoms with Gasteiger partial charge in [0, 0.05) is 24.5 Å². The predicted octanol–water partition coefficient (Wildman–Crippen LogP) is 2.56. The smallest absolute Gasteiger partial charge is 0.220 e. The molecule has 1 fully saturated rings. The zero-order valence-corrected chi connectivity index (χ0v) is 16.8. The van der Waals surface area contributed by atoms with E-state index in [-0.39, 0.29) is 42.3 Å². The average molecular weight is 388 g/mol. The molecule has 2 aliphatic rings. The molecule has 1 aromatic rings. The fourth-order valence-corrected chi connectivity index (χ4v) is 4.17. The average Bonchev–Trinajstić information content (AvgIpc) is 3.09. The third kappa shape index (κ3) is 4.88. The molecule has 3 N–H and O–H groups in total. The van der Waals surface area contributed by atoms with E-state index < -0.39 is 0 Å². The summed E-state index contributed by atoms with van der Waals surface area (Å²) in [6.07, 6.45) is 5.90. The molecule has 0 aromatic heterocycles. The van der Waals surface area contributed by atoms with Crippen LogP contribution in [0.3, 0.4) is 0 Å². The summed E-state index contributed by atoms with van der Waals surface area (Å²) in [6.45, 7) is 0.704. The first-order valence-electron chi connectivity index (χ1n) is 8.77. The Balaban J connectivity index is 0.00000156. The van der Waals surface area contributed by atoms with Crippen molar-refractivity contribution in [1.29, 1.82) is 0 Å². The molecule has 0 aliphatic heterocycles. The van der Waals surface area contributed by atoms with Gasteiger partial charge in [0.2, 0.25) is 5.91 Å². The molecule has 2 atom stereocenters. The Bertz CT molecular complexity index is 555. The van der Waals surface area contributed by atoms with Crippen LogP contribution in [0.1, 0.15) is 36.8 Å². The van der Waals surface area contributed by atoms with E-state index >= 15 is 0 Å². The Morgan fingerprint density at radius 1 is 1.20 bits per heavy atom. The lowest BCUT2D eigenvalue weighted by Crippen LogP contribution is -2.53. The van der Waals surface area contributed by atoms with Crippen LogP contribution in [0.5, 0.6) is 0 Å². The number of nitrogens with two attached hydrogens (primary N) is 1. The Kier molecular flexibility index (Phi) is 8.20. The van der Waals surface area contributed by atoms with Gasteiger partial charge in [0.25, 0.3) is 0 Å². The number of amides is 1. The number of nitrogens with one attached hydrogen (secondary N) is 1. The largest absolute Gasteiger partial charge is 0.354 e. The Morgan fingerprint density at radius 2 is 1.80 bits per heavy atom. The van der Waals surface area contributed by atoms with Crippen LogP contribution in [0.2, 0.25) is 0 Å². The molecule has 0 spiro atoms. The summed E-state index contributed by atoms with van der Waals surface area (Å²) in [7, 11) is 4.23. The molecule has 0 radical (unpaired) electrons. The zero-order chi connectivity index (χ0) is 16.4. The summed E-state index contributed by atoms with van der Waals surface area (Å²) in [6, 6.07) is 8.83. The van der Waals surface area contributed by atoms with Gasteiger partial charge in [-0.1, -0.05) is 30.7 Å². The molecular weight excluding hydrogens is 357 g/mol. The molecule has 0 bridgehead atoms. The van der Waals surface area contributed by atoms with Gasteiger partial charge in [-0.3, -0.25) is 4.79 Å². The fourth-order valence-electron chi connectivity index (χ4n) is 4.17. The minimum absolute atomic E-state index is 0. The highest BCUT2D eigenvalue weighted by Gasteiger charge is 2.39. The molecule has 142 valence electrons. The van der Waals surface area contributed by atoms with Crippen molar-refractivity contribution >= 4 is 30.7 Å². The summed E-state index contributed by atoms with van der Waals surface area (Å²) >= 11 is 0. The molecule has 0 saturated heterocycles. The highest BCUT2D eigenvalue weighted by molar-refractivity contribution is 5.85. The van der Waals surface area contributed by atoms with Crippen molar-refractivity contribution in [3.8, 4) is 0 Å². The number of nitrogens with zero attached hydrogens (tertiary/aromatic N) is 1. The van der Waals surface area contributed by atoms with E-state index in [0.717, 1.165) is 32.1 Å². The monoisotopic (exact) mass is 387 g/mol. The van der Waals surface area contributed by atoms with Gasteiger partial charge >= 0.3 is 0 Å². The van der Waals surface area contributed by atoms with E-state index in [1.54, 1.807) is 0 Å². The van der Waals surface area contributed by atoms with Gasteiger partial charge < -0.3 is 16.0 Å². The van der Waals surface area contributed by atoms with E-state index in [0.29, 0.717) is 18.9 Å². The lowest BCUT2D eigenvalue weighted by molar-refractivity contribution is -0.122. The van der Waals surface area contributed by atoms with E-state index in [1.807, 2.05) is 0 Å². The Labute approximate surface area is 163 Å². The van der Waals surface area contributed by atoms with Gasteiger partial charge in [0.15, 0.2) is 0 Å². The standard InChI is InChI=1S/C19H29N3O.2ClH/c1-22(2)19(11-15-6-3-4-7-16(15)12-19)13-21-18(23)10-14-8-5-9-17(14)20;;/h3-4,6-7,14,17H,5,8-13,20H2,1-2H3,(H,21,23);2*1H/t14-,17+;;/m0../s1. The summed E-state index contributed by atoms with van der Waals surface area (Å²) in [5.41, 5.74) is 8.91. The molecule has 25 heavy (non-hydrogen) atoms. The van der Waals surface area contributed by atoms with Crippen molar-refractivity contribution < 1.29 is 4.79 Å². The van der Waals surface area contributed by atoms with Crippen LogP contribution in [-0.4, -0.2) is 43.0 Å². The molecule has 2 aliphatic carbocycles. The van der Waals surface area contributed by atoms with Crippen LogP contribution in [0.25, 0.3) is 0 Å². The van der Waals surface area contributed by atoms with Crippen LogP contribution in [0.4, 0.5) is 0 Å². The zero-order valence-electron chi connectivity index (χ0n) is 15.2. The summed E-state index contributed by atoms with van der Waals surface area (Å²) in [5.74, 6) is 0.524. The third-order valence-electron chi connectivity index (χ3n) is 5.89. The first-order chi connectivity index (χ1) is 11.0. The molecule has 4 nitrogen and oxygen atoms in total. The topological polar surface area (TPSA) is 58.4 Å². The normalized spacial score (nSPS) is 23.5. The maximum atomic E-state index is 12.4. The number of hydrogen-bond acceptors (Lipinski definition) is 3. The number of halogens is 2. The van der Waals surface area contributed by atoms with Crippen molar-refractivity contribution in [2.24, 2.45) is 11.7 Å². The van der Waals surface area contributed by atoms with Crippen molar-refractivity contribution in [2.75, 3.05) is 20.6 Å². The van der Waals surface area contributed by atoms with Crippen LogP contribution >= 0.6 is 24.8 Å². The van der Waals surface area contributed by atoms with E-state index in [9.17, 15) is 4.79 Å². The summed E-state index contributed by atoms with van der Waals surface area (Å²) in [4.78, 5) is 14.6. The van der Waals surface area contributed by atoms with Crippen LogP contribution < -0.4 is 11.1 Å². The van der Waals surface area contributed by atoms with Gasteiger partial charge in [-0.05, 0) is 56.8 Å². The van der Waals surface area contributed by atoms with Gasteiger partial charge in [-0.25, -0.2) is 0 Å². The number of carbonyl (C=O) groups excluding carboxylic acids is 1. The van der Waals surface area contributed by atoms with E-state index in [1.165, 1.54) is 11.1 Å². The highest BCUT2D eigenvalue weighted by atomic mass is 35.5. The highest BCUT2D eigenvalue weighted by Crippen LogP contribution is 2.33. The molecule has 1 aromatic carbocycles. The lowest BCUT2D eigenvalue weighted by Gasteiger charge is -2.36. The third-order valence-corrected chi connectivity index (χ3v) is 5.89. The Hall–Kier alpha value is -0.810. The molecule has 0 heterocycles. The van der Waals surface area contributed by atoms with Crippen molar-refractivity contribution in [2.45, 2.75) is 50.1 Å². The van der Waals surface area contributed by atoms with Crippen molar-refractivity contribution in [1.82, 2.24) is 10.2 Å². The number of fused-ring (bicyclic) bond motifs is 1. The number of carbonyl (C=O) groups is 1. The molecule has 1 amide bonds. The maximum Gasteiger partial charge on any atom is 0.220 e. The van der Waals surface area contributed by atoms with Gasteiger partial charge in [0.05, 0.1) is 0 Å². The number of rotatable bonds is 5. The van der Waals surface area contributed by atoms with E-state index in [2.05, 4.69) is 48.6 Å². The second-order valence-corrected chi connectivity index (χ2v) is 7.58.